The van der Waals surface area contributed by atoms with Crippen LogP contribution in [0, 0.1) is 20.8 Å². The molecule has 0 fully saturated rings. The Morgan fingerprint density at radius 2 is 1.83 bits per heavy atom. The molecule has 0 atom stereocenters. The van der Waals surface area contributed by atoms with Crippen molar-refractivity contribution in [2.45, 2.75) is 40.5 Å². The van der Waals surface area contributed by atoms with Crippen molar-refractivity contribution in [3.05, 3.63) is 27.1 Å². The molecule has 4 heteroatoms. The monoisotopic (exact) mass is 261 g/mol. The van der Waals surface area contributed by atoms with Crippen molar-refractivity contribution < 1.29 is 0 Å². The summed E-state index contributed by atoms with van der Waals surface area (Å²) in [5.41, 5.74) is 9.21. The second kappa shape index (κ2) is 4.69. The molecule has 0 aliphatic heterocycles. The normalized spacial score (nSPS) is 11.2. The molecule has 18 heavy (non-hydrogen) atoms. The molecule has 2 N–H and O–H groups in total. The van der Waals surface area contributed by atoms with Gasteiger partial charge in [-0.2, -0.15) is 0 Å². The van der Waals surface area contributed by atoms with Gasteiger partial charge in [0.2, 0.25) is 0 Å². The van der Waals surface area contributed by atoms with Crippen LogP contribution in [0.1, 0.15) is 40.8 Å². The van der Waals surface area contributed by atoms with Gasteiger partial charge in [-0.05, 0) is 32.8 Å². The molecule has 0 aliphatic carbocycles. The number of nitrogens with two attached hydrogens (primary N) is 1. The molecule has 0 aliphatic rings. The molecular formula is C14H19N3S. The molecular weight excluding hydrogens is 242 g/mol. The van der Waals surface area contributed by atoms with Crippen molar-refractivity contribution in [2.75, 3.05) is 5.73 Å². The molecule has 0 saturated heterocycles. The van der Waals surface area contributed by atoms with Crippen molar-refractivity contribution in [3.63, 3.8) is 0 Å². The molecule has 0 radical (unpaired) electrons. The van der Waals surface area contributed by atoms with E-state index in [2.05, 4.69) is 43.7 Å². The van der Waals surface area contributed by atoms with Crippen molar-refractivity contribution in [1.82, 2.24) is 9.97 Å². The van der Waals surface area contributed by atoms with Crippen molar-refractivity contribution >= 4 is 17.2 Å². The van der Waals surface area contributed by atoms with Gasteiger partial charge in [-0.15, -0.1) is 11.3 Å². The van der Waals surface area contributed by atoms with Gasteiger partial charge < -0.3 is 5.73 Å². The highest BCUT2D eigenvalue weighted by molar-refractivity contribution is 7.12. The van der Waals surface area contributed by atoms with E-state index in [1.54, 1.807) is 11.3 Å². The number of thiophene rings is 1. The molecule has 0 spiro atoms. The summed E-state index contributed by atoms with van der Waals surface area (Å²) < 4.78 is 0. The predicted molar refractivity (Wildman–Crippen MR) is 78.1 cm³/mol. The van der Waals surface area contributed by atoms with Crippen molar-refractivity contribution in [3.8, 4) is 11.4 Å². The quantitative estimate of drug-likeness (QED) is 0.893. The number of rotatable bonds is 2. The van der Waals surface area contributed by atoms with Gasteiger partial charge in [0.15, 0.2) is 5.82 Å². The first-order valence-electron chi connectivity index (χ1n) is 6.11. The Labute approximate surface area is 112 Å². The first-order valence-corrected chi connectivity index (χ1v) is 6.93. The Bertz CT molecular complexity index is 562. The number of aromatic nitrogens is 2. The average Bonchev–Trinajstić information content (AvgIpc) is 2.56. The number of hydrogen-bond donors (Lipinski definition) is 1. The van der Waals surface area contributed by atoms with Crippen LogP contribution >= 0.6 is 11.3 Å². The van der Waals surface area contributed by atoms with Gasteiger partial charge >= 0.3 is 0 Å². The van der Waals surface area contributed by atoms with E-state index >= 15 is 0 Å². The maximum absolute atomic E-state index is 6.07. The summed E-state index contributed by atoms with van der Waals surface area (Å²) in [6.07, 6.45) is 0. The second-order valence-corrected chi connectivity index (χ2v) is 6.37. The first kappa shape index (κ1) is 13.0. The largest absolute Gasteiger partial charge is 0.383 e. The smallest absolute Gasteiger partial charge is 0.162 e. The molecule has 3 nitrogen and oxygen atoms in total. The minimum atomic E-state index is 0.351. The molecule has 2 aromatic rings. The Morgan fingerprint density at radius 3 is 2.28 bits per heavy atom. The van der Waals surface area contributed by atoms with Crippen LogP contribution in [0.5, 0.6) is 0 Å². The van der Waals surface area contributed by atoms with Gasteiger partial charge in [0, 0.05) is 26.6 Å². The Balaban J connectivity index is 2.58. The zero-order valence-electron chi connectivity index (χ0n) is 11.5. The van der Waals surface area contributed by atoms with Crippen LogP contribution < -0.4 is 5.73 Å². The van der Waals surface area contributed by atoms with E-state index in [1.165, 1.54) is 9.75 Å². The Kier molecular flexibility index (Phi) is 3.39. The molecule has 2 rings (SSSR count). The molecule has 0 amide bonds. The maximum atomic E-state index is 6.07. The fraction of sp³-hybridized carbons (Fsp3) is 0.429. The SMILES string of the molecule is Cc1cc(-c2nc(C)c(C(C)C)c(N)n2)c(C)s1. The Hall–Kier alpha value is -1.42. The summed E-state index contributed by atoms with van der Waals surface area (Å²) in [6.45, 7) is 10.4. The zero-order valence-corrected chi connectivity index (χ0v) is 12.4. The third-order valence-corrected chi connectivity index (χ3v) is 3.99. The molecule has 2 heterocycles. The lowest BCUT2D eigenvalue weighted by molar-refractivity contribution is 0.836. The highest BCUT2D eigenvalue weighted by atomic mass is 32.1. The fourth-order valence-electron chi connectivity index (χ4n) is 2.29. The number of anilines is 1. The number of aryl methyl sites for hydroxylation is 3. The summed E-state index contributed by atoms with van der Waals surface area (Å²) >= 11 is 1.77. The summed E-state index contributed by atoms with van der Waals surface area (Å²) in [5, 5.41) is 0. The van der Waals surface area contributed by atoms with E-state index in [0.29, 0.717) is 11.7 Å². The number of nitrogens with zero attached hydrogens (tertiary/aromatic N) is 2. The summed E-state index contributed by atoms with van der Waals surface area (Å²) in [7, 11) is 0. The molecule has 2 aromatic heterocycles. The Morgan fingerprint density at radius 1 is 1.17 bits per heavy atom. The van der Waals surface area contributed by atoms with E-state index in [1.807, 2.05) is 6.92 Å². The van der Waals surface area contributed by atoms with Gasteiger partial charge in [0.05, 0.1) is 0 Å². The molecule has 0 aromatic carbocycles. The first-order chi connectivity index (χ1) is 8.40. The van der Waals surface area contributed by atoms with Crippen LogP contribution in [0.25, 0.3) is 11.4 Å². The average molecular weight is 261 g/mol. The van der Waals surface area contributed by atoms with E-state index in [4.69, 9.17) is 5.73 Å². The molecule has 0 bridgehead atoms. The highest BCUT2D eigenvalue weighted by Crippen LogP contribution is 2.31. The summed E-state index contributed by atoms with van der Waals surface area (Å²) in [4.78, 5) is 11.6. The zero-order chi connectivity index (χ0) is 13.4. The maximum Gasteiger partial charge on any atom is 0.162 e. The van der Waals surface area contributed by atoms with Gasteiger partial charge in [0.1, 0.15) is 5.82 Å². The standard InChI is InChI=1S/C14H19N3S/c1-7(2)12-9(4)16-14(17-13(12)15)11-6-8(3)18-10(11)5/h6-7H,1-5H3,(H2,15,16,17). The van der Waals surface area contributed by atoms with Crippen molar-refractivity contribution in [1.29, 1.82) is 0 Å². The van der Waals surface area contributed by atoms with E-state index in [0.717, 1.165) is 22.6 Å². The van der Waals surface area contributed by atoms with Gasteiger partial charge in [-0.3, -0.25) is 0 Å². The molecule has 0 saturated carbocycles. The van der Waals surface area contributed by atoms with E-state index in [-0.39, 0.29) is 0 Å². The summed E-state index contributed by atoms with van der Waals surface area (Å²) in [5.74, 6) is 1.70. The molecule has 96 valence electrons. The summed E-state index contributed by atoms with van der Waals surface area (Å²) in [6, 6.07) is 2.13. The lowest BCUT2D eigenvalue weighted by Crippen LogP contribution is -2.06. The lowest BCUT2D eigenvalue weighted by atomic mass is 10.0. The number of hydrogen-bond acceptors (Lipinski definition) is 4. The third-order valence-electron chi connectivity index (χ3n) is 3.02. The lowest BCUT2D eigenvalue weighted by Gasteiger charge is -2.13. The van der Waals surface area contributed by atoms with Crippen LogP contribution in [0.3, 0.4) is 0 Å². The fourth-order valence-corrected chi connectivity index (χ4v) is 3.21. The third kappa shape index (κ3) is 2.25. The topological polar surface area (TPSA) is 51.8 Å². The predicted octanol–water partition coefficient (Wildman–Crippen LogP) is 3.84. The minimum absolute atomic E-state index is 0.351. The van der Waals surface area contributed by atoms with Gasteiger partial charge in [-0.1, -0.05) is 13.8 Å². The van der Waals surface area contributed by atoms with E-state index < -0.39 is 0 Å². The van der Waals surface area contributed by atoms with E-state index in [9.17, 15) is 0 Å². The van der Waals surface area contributed by atoms with Gasteiger partial charge in [-0.25, -0.2) is 9.97 Å². The van der Waals surface area contributed by atoms with Gasteiger partial charge in [0.25, 0.3) is 0 Å². The van der Waals surface area contributed by atoms with Crippen LogP contribution in [-0.2, 0) is 0 Å². The van der Waals surface area contributed by atoms with Crippen molar-refractivity contribution in [2.24, 2.45) is 0 Å². The highest BCUT2D eigenvalue weighted by Gasteiger charge is 2.15. The van der Waals surface area contributed by atoms with Crippen LogP contribution in [0.4, 0.5) is 5.82 Å². The van der Waals surface area contributed by atoms with Crippen LogP contribution in [0.15, 0.2) is 6.07 Å². The van der Waals surface area contributed by atoms with Crippen LogP contribution in [-0.4, -0.2) is 9.97 Å². The van der Waals surface area contributed by atoms with Crippen LogP contribution in [0.2, 0.25) is 0 Å². The second-order valence-electron chi connectivity index (χ2n) is 4.91. The minimum Gasteiger partial charge on any atom is -0.383 e. The number of nitrogen functional groups attached to an aromatic ring is 1. The molecule has 0 unspecified atom stereocenters.